The van der Waals surface area contributed by atoms with Crippen molar-refractivity contribution in [3.05, 3.63) is 47.2 Å². The van der Waals surface area contributed by atoms with Gasteiger partial charge in [0, 0.05) is 56.8 Å². The van der Waals surface area contributed by atoms with E-state index in [2.05, 4.69) is 27.4 Å². The molecule has 0 bridgehead atoms. The largest absolute Gasteiger partial charge is 0.300 e. The van der Waals surface area contributed by atoms with Crippen LogP contribution >= 0.6 is 23.4 Å². The molecule has 0 amide bonds. The van der Waals surface area contributed by atoms with Gasteiger partial charge in [0.2, 0.25) is 0 Å². The molecule has 1 aliphatic rings. The van der Waals surface area contributed by atoms with Gasteiger partial charge in [0.1, 0.15) is 0 Å². The lowest BCUT2D eigenvalue weighted by Gasteiger charge is -2.34. The van der Waals surface area contributed by atoms with E-state index in [1.54, 1.807) is 0 Å². The Labute approximate surface area is 147 Å². The van der Waals surface area contributed by atoms with Gasteiger partial charge >= 0.3 is 0 Å². The standard InChI is InChI=1S/C17H23ClN4S/c1-23-11-10-20-6-8-21(9-7-20)13-15-12-19-22(14-15)17-5-3-2-4-16(17)18/h2-5,12,14H,6-11,13H2,1H3. The molecule has 6 heteroatoms. The molecule has 1 aromatic carbocycles. The second-order valence-corrected chi connectivity index (χ2v) is 7.25. The van der Waals surface area contributed by atoms with Gasteiger partial charge in [0.05, 0.1) is 16.9 Å². The van der Waals surface area contributed by atoms with E-state index >= 15 is 0 Å². The third-order valence-corrected chi connectivity index (χ3v) is 5.13. The van der Waals surface area contributed by atoms with Gasteiger partial charge in [-0.05, 0) is 18.4 Å². The molecule has 3 rings (SSSR count). The van der Waals surface area contributed by atoms with Crippen LogP contribution in [0.4, 0.5) is 0 Å². The smallest absolute Gasteiger partial charge is 0.0831 e. The quantitative estimate of drug-likeness (QED) is 0.799. The van der Waals surface area contributed by atoms with Crippen LogP contribution in [-0.4, -0.2) is 64.3 Å². The average Bonchev–Trinajstić information content (AvgIpc) is 3.03. The maximum atomic E-state index is 6.24. The van der Waals surface area contributed by atoms with Crippen molar-refractivity contribution in [2.45, 2.75) is 6.54 Å². The first-order chi connectivity index (χ1) is 11.3. The highest BCUT2D eigenvalue weighted by molar-refractivity contribution is 7.98. The van der Waals surface area contributed by atoms with E-state index in [0.29, 0.717) is 0 Å². The van der Waals surface area contributed by atoms with Crippen LogP contribution in [0.15, 0.2) is 36.7 Å². The summed E-state index contributed by atoms with van der Waals surface area (Å²) in [6.07, 6.45) is 6.21. The summed E-state index contributed by atoms with van der Waals surface area (Å²) in [4.78, 5) is 5.06. The SMILES string of the molecule is CSCCN1CCN(Cc2cnn(-c3ccccc3Cl)c2)CC1. The third-order valence-electron chi connectivity index (χ3n) is 4.22. The molecule has 0 radical (unpaired) electrons. The summed E-state index contributed by atoms with van der Waals surface area (Å²) >= 11 is 8.16. The fourth-order valence-corrected chi connectivity index (χ4v) is 3.52. The minimum Gasteiger partial charge on any atom is -0.300 e. The number of aromatic nitrogens is 2. The Bertz CT molecular complexity index is 623. The number of thioether (sulfide) groups is 1. The van der Waals surface area contributed by atoms with Crippen molar-refractivity contribution in [3.8, 4) is 5.69 Å². The second kappa shape index (κ2) is 8.20. The maximum Gasteiger partial charge on any atom is 0.0831 e. The van der Waals surface area contributed by atoms with Gasteiger partial charge in [0.15, 0.2) is 0 Å². The predicted molar refractivity (Wildman–Crippen MR) is 98.7 cm³/mol. The van der Waals surface area contributed by atoms with Gasteiger partial charge in [-0.1, -0.05) is 23.7 Å². The van der Waals surface area contributed by atoms with Crippen LogP contribution in [0.5, 0.6) is 0 Å². The fourth-order valence-electron chi connectivity index (χ4n) is 2.86. The Morgan fingerprint density at radius 2 is 1.87 bits per heavy atom. The first kappa shape index (κ1) is 16.8. The van der Waals surface area contributed by atoms with Crippen molar-refractivity contribution in [1.82, 2.24) is 19.6 Å². The molecular weight excluding hydrogens is 328 g/mol. The van der Waals surface area contributed by atoms with Crippen LogP contribution in [0.1, 0.15) is 5.56 Å². The zero-order valence-corrected chi connectivity index (χ0v) is 15.1. The first-order valence-electron chi connectivity index (χ1n) is 7.98. The summed E-state index contributed by atoms with van der Waals surface area (Å²) in [6, 6.07) is 7.80. The lowest BCUT2D eigenvalue weighted by molar-refractivity contribution is 0.133. The van der Waals surface area contributed by atoms with E-state index in [9.17, 15) is 0 Å². The van der Waals surface area contributed by atoms with Crippen LogP contribution in [0, 0.1) is 0 Å². The first-order valence-corrected chi connectivity index (χ1v) is 9.75. The van der Waals surface area contributed by atoms with Gasteiger partial charge in [-0.15, -0.1) is 0 Å². The van der Waals surface area contributed by atoms with Crippen LogP contribution in [0.3, 0.4) is 0 Å². The molecule has 0 aliphatic carbocycles. The number of nitrogens with zero attached hydrogens (tertiary/aromatic N) is 4. The number of benzene rings is 1. The van der Waals surface area contributed by atoms with Crippen molar-refractivity contribution in [1.29, 1.82) is 0 Å². The number of rotatable bonds is 6. The predicted octanol–water partition coefficient (Wildman–Crippen LogP) is 3.01. The van der Waals surface area contributed by atoms with Crippen LogP contribution in [-0.2, 0) is 6.54 Å². The number of halogens is 1. The van der Waals surface area contributed by atoms with E-state index < -0.39 is 0 Å². The number of para-hydroxylation sites is 1. The van der Waals surface area contributed by atoms with Crippen molar-refractivity contribution >= 4 is 23.4 Å². The van der Waals surface area contributed by atoms with Gasteiger partial charge in [0.25, 0.3) is 0 Å². The monoisotopic (exact) mass is 350 g/mol. The molecule has 1 aliphatic heterocycles. The molecule has 1 aromatic heterocycles. The summed E-state index contributed by atoms with van der Waals surface area (Å²) in [5.74, 6) is 1.23. The molecule has 0 N–H and O–H groups in total. The topological polar surface area (TPSA) is 24.3 Å². The van der Waals surface area contributed by atoms with Gasteiger partial charge < -0.3 is 0 Å². The van der Waals surface area contributed by atoms with Crippen molar-refractivity contribution < 1.29 is 0 Å². The highest BCUT2D eigenvalue weighted by Crippen LogP contribution is 2.19. The van der Waals surface area contributed by atoms with E-state index in [0.717, 1.165) is 30.3 Å². The molecule has 124 valence electrons. The minimum absolute atomic E-state index is 0.726. The highest BCUT2D eigenvalue weighted by atomic mass is 35.5. The summed E-state index contributed by atoms with van der Waals surface area (Å²) in [7, 11) is 0. The van der Waals surface area contributed by atoms with Crippen molar-refractivity contribution in [2.24, 2.45) is 0 Å². The molecule has 23 heavy (non-hydrogen) atoms. The zero-order valence-electron chi connectivity index (χ0n) is 13.5. The highest BCUT2D eigenvalue weighted by Gasteiger charge is 2.17. The lowest BCUT2D eigenvalue weighted by atomic mass is 10.2. The summed E-state index contributed by atoms with van der Waals surface area (Å²) in [5.41, 5.74) is 2.17. The Morgan fingerprint density at radius 1 is 1.13 bits per heavy atom. The molecule has 4 nitrogen and oxygen atoms in total. The lowest BCUT2D eigenvalue weighted by Crippen LogP contribution is -2.46. The summed E-state index contributed by atoms with van der Waals surface area (Å²) < 4.78 is 1.87. The van der Waals surface area contributed by atoms with E-state index in [4.69, 9.17) is 11.6 Å². The molecule has 2 heterocycles. The van der Waals surface area contributed by atoms with Crippen molar-refractivity contribution in [2.75, 3.05) is 44.7 Å². The Morgan fingerprint density at radius 3 is 2.61 bits per heavy atom. The van der Waals surface area contributed by atoms with Gasteiger partial charge in [-0.25, -0.2) is 4.68 Å². The normalized spacial score (nSPS) is 16.8. The van der Waals surface area contributed by atoms with Gasteiger partial charge in [-0.2, -0.15) is 16.9 Å². The molecule has 0 unspecified atom stereocenters. The molecule has 0 atom stereocenters. The Balaban J connectivity index is 1.55. The van der Waals surface area contributed by atoms with Crippen LogP contribution < -0.4 is 0 Å². The van der Waals surface area contributed by atoms with Crippen LogP contribution in [0.2, 0.25) is 5.02 Å². The maximum absolute atomic E-state index is 6.24. The second-order valence-electron chi connectivity index (χ2n) is 5.86. The van der Waals surface area contributed by atoms with E-state index in [-0.39, 0.29) is 0 Å². The third kappa shape index (κ3) is 4.51. The number of hydrogen-bond acceptors (Lipinski definition) is 4. The fraction of sp³-hybridized carbons (Fsp3) is 0.471. The molecule has 1 saturated heterocycles. The number of piperazine rings is 1. The molecule has 0 spiro atoms. The minimum atomic E-state index is 0.726. The van der Waals surface area contributed by atoms with Crippen LogP contribution in [0.25, 0.3) is 5.69 Å². The average molecular weight is 351 g/mol. The van der Waals surface area contributed by atoms with Gasteiger partial charge in [-0.3, -0.25) is 9.80 Å². The summed E-state index contributed by atoms with van der Waals surface area (Å²) in [6.45, 7) is 6.76. The summed E-state index contributed by atoms with van der Waals surface area (Å²) in [5, 5.41) is 5.19. The molecular formula is C17H23ClN4S. The van der Waals surface area contributed by atoms with E-state index in [1.807, 2.05) is 46.9 Å². The Hall–Kier alpha value is -1.01. The number of hydrogen-bond donors (Lipinski definition) is 0. The zero-order chi connectivity index (χ0) is 16.1. The molecule has 0 saturated carbocycles. The van der Waals surface area contributed by atoms with E-state index in [1.165, 1.54) is 31.0 Å². The molecule has 1 fully saturated rings. The van der Waals surface area contributed by atoms with Crippen molar-refractivity contribution in [3.63, 3.8) is 0 Å². The Kier molecular flexibility index (Phi) is 6.00. The molecule has 2 aromatic rings.